The average Bonchev–Trinajstić information content (AvgIpc) is 3.39. The molecule has 0 radical (unpaired) electrons. The quantitative estimate of drug-likeness (QED) is 0.668. The number of carbonyl (C=O) groups excluding carboxylic acids is 2. The molecule has 1 saturated carbocycles. The van der Waals surface area contributed by atoms with Crippen molar-refractivity contribution in [2.24, 2.45) is 0 Å². The molecule has 3 aliphatic heterocycles. The lowest BCUT2D eigenvalue weighted by Crippen LogP contribution is -2.82. The Morgan fingerprint density at radius 3 is 2.70 bits per heavy atom. The first-order valence-corrected chi connectivity index (χ1v) is 12.4. The third-order valence-electron chi connectivity index (χ3n) is 7.57. The molecule has 4 aliphatic rings. The van der Waals surface area contributed by atoms with Gasteiger partial charge in [-0.2, -0.15) is 0 Å². The van der Waals surface area contributed by atoms with Gasteiger partial charge in [0.05, 0.1) is 12.5 Å². The van der Waals surface area contributed by atoms with Crippen LogP contribution in [0.2, 0.25) is 0 Å². The number of piperidine rings is 1. The van der Waals surface area contributed by atoms with Gasteiger partial charge in [0.2, 0.25) is 0 Å². The fourth-order valence-corrected chi connectivity index (χ4v) is 5.89. The van der Waals surface area contributed by atoms with Crippen molar-refractivity contribution in [3.63, 3.8) is 0 Å². The largest absolute Gasteiger partial charge is 0.489 e. The minimum absolute atomic E-state index is 0.111. The molecule has 3 heterocycles. The maximum absolute atomic E-state index is 12.9. The number of rotatable bonds is 6. The van der Waals surface area contributed by atoms with Crippen molar-refractivity contribution in [3.8, 4) is 5.75 Å². The summed E-state index contributed by atoms with van der Waals surface area (Å²) in [6, 6.07) is 5.65. The van der Waals surface area contributed by atoms with E-state index in [2.05, 4.69) is 16.8 Å². The molecule has 1 saturated heterocycles. The van der Waals surface area contributed by atoms with Crippen molar-refractivity contribution < 1.29 is 29.2 Å². The van der Waals surface area contributed by atoms with E-state index in [-0.39, 0.29) is 23.8 Å². The van der Waals surface area contributed by atoms with Crippen LogP contribution in [0.25, 0.3) is 0 Å². The highest BCUT2D eigenvalue weighted by atomic mass is 16.5. The maximum Gasteiger partial charge on any atom is 0.388 e. The summed E-state index contributed by atoms with van der Waals surface area (Å²) in [4.78, 5) is 31.1. The van der Waals surface area contributed by atoms with Crippen LogP contribution in [0.4, 0.5) is 0 Å². The molecule has 8 heteroatoms. The van der Waals surface area contributed by atoms with Crippen molar-refractivity contribution >= 4 is 17.7 Å². The Labute approximate surface area is 194 Å². The Balaban J connectivity index is 1.24. The number of hydrogen-bond acceptors (Lipinski definition) is 5. The van der Waals surface area contributed by atoms with Gasteiger partial charge < -0.3 is 19.5 Å². The summed E-state index contributed by atoms with van der Waals surface area (Å²) in [5.41, 5.74) is 1.56. The molecule has 2 fully saturated rings. The van der Waals surface area contributed by atoms with E-state index in [1.807, 2.05) is 18.2 Å². The zero-order valence-corrected chi connectivity index (χ0v) is 19.3. The summed E-state index contributed by atoms with van der Waals surface area (Å²) in [6.45, 7) is 5.37. The number of aliphatic hydroxyl groups excluding tert-OH is 1. The molecule has 8 nitrogen and oxygen atoms in total. The van der Waals surface area contributed by atoms with E-state index >= 15 is 0 Å². The molecule has 1 aromatic carbocycles. The topological polar surface area (TPSA) is 93.3 Å². The summed E-state index contributed by atoms with van der Waals surface area (Å²) < 4.78 is 12.3. The number of aliphatic hydroxyl groups is 1. The van der Waals surface area contributed by atoms with Gasteiger partial charge in [0.15, 0.2) is 6.04 Å². The Morgan fingerprint density at radius 2 is 1.94 bits per heavy atom. The molecule has 1 aromatic rings. The number of nitrogens with one attached hydrogen (secondary N) is 1. The van der Waals surface area contributed by atoms with Crippen LogP contribution in [0.1, 0.15) is 67.8 Å². The Bertz CT molecular complexity index is 940. The number of fused-ring (bicyclic) bond motifs is 1. The van der Waals surface area contributed by atoms with Crippen LogP contribution in [0.3, 0.4) is 0 Å². The molecule has 3 atom stereocenters. The summed E-state index contributed by atoms with van der Waals surface area (Å²) in [5, 5.41) is 10.2. The van der Waals surface area contributed by atoms with E-state index in [4.69, 9.17) is 9.47 Å². The highest BCUT2D eigenvalue weighted by Gasteiger charge is 2.41. The summed E-state index contributed by atoms with van der Waals surface area (Å²) in [5.74, 6) is 0.345. The number of likely N-dealkylation sites (tertiary alicyclic amines) is 1. The first-order chi connectivity index (χ1) is 16.0. The smallest absolute Gasteiger partial charge is 0.388 e. The lowest BCUT2D eigenvalue weighted by Gasteiger charge is -2.38. The maximum atomic E-state index is 12.9. The van der Waals surface area contributed by atoms with Crippen molar-refractivity contribution in [1.82, 2.24) is 9.80 Å². The van der Waals surface area contributed by atoms with Gasteiger partial charge in [-0.3, -0.25) is 9.69 Å². The van der Waals surface area contributed by atoms with Crippen molar-refractivity contribution in [1.29, 1.82) is 0 Å². The van der Waals surface area contributed by atoms with E-state index in [1.165, 1.54) is 6.42 Å². The second-order valence-corrected chi connectivity index (χ2v) is 9.59. The zero-order chi connectivity index (χ0) is 22.9. The van der Waals surface area contributed by atoms with Crippen molar-refractivity contribution in [3.05, 3.63) is 29.3 Å². The highest BCUT2D eigenvalue weighted by molar-refractivity contribution is 6.01. The standard InChI is InChI=1S/C25H33N3O5/c1-2-32-17-10-12-27(13-11-17)20-4-3-5-22(20)33-18-6-7-19-16(14-18)15-28(25(19)31)21-8-9-23(29)26-24(21)30/h6-7,14,17,20-22H,2-5,8-13,15H2,1H3,(H,26,29,30)/p+1/t20-,21?,22-/m0/s1. The molecule has 0 bridgehead atoms. The fourth-order valence-electron chi connectivity index (χ4n) is 5.89. The minimum Gasteiger partial charge on any atom is -0.489 e. The number of amides is 2. The van der Waals surface area contributed by atoms with E-state index < -0.39 is 6.04 Å². The highest BCUT2D eigenvalue weighted by Crippen LogP contribution is 2.34. The fraction of sp³-hybridized carbons (Fsp3) is 0.640. The van der Waals surface area contributed by atoms with Crippen LogP contribution < -0.4 is 9.73 Å². The van der Waals surface area contributed by atoms with Gasteiger partial charge >= 0.3 is 11.8 Å². The summed E-state index contributed by atoms with van der Waals surface area (Å²) in [6.07, 6.45) is 6.81. The molecule has 1 aliphatic carbocycles. The predicted molar refractivity (Wildman–Crippen MR) is 121 cm³/mol. The van der Waals surface area contributed by atoms with Gasteiger partial charge in [0.25, 0.3) is 5.91 Å². The average molecular weight is 457 g/mol. The van der Waals surface area contributed by atoms with Crippen molar-refractivity contribution in [2.45, 2.75) is 82.7 Å². The van der Waals surface area contributed by atoms with E-state index in [0.717, 1.165) is 56.7 Å². The molecular weight excluding hydrogens is 422 g/mol. The Hall–Kier alpha value is -2.45. The van der Waals surface area contributed by atoms with Gasteiger partial charge in [-0.15, -0.1) is 4.99 Å². The number of nitrogens with zero attached hydrogens (tertiary/aromatic N) is 2. The van der Waals surface area contributed by atoms with Crippen LogP contribution in [-0.4, -0.2) is 76.6 Å². The number of carbonyl (C=O) groups is 2. The molecular formula is C25H34N3O5+. The summed E-state index contributed by atoms with van der Waals surface area (Å²) in [7, 11) is 0. The lowest BCUT2D eigenvalue weighted by molar-refractivity contribution is -0.394. The van der Waals surface area contributed by atoms with Gasteiger partial charge in [-0.1, -0.05) is 0 Å². The second kappa shape index (κ2) is 9.43. The number of hydrogen-bond donors (Lipinski definition) is 2. The van der Waals surface area contributed by atoms with E-state index in [1.54, 1.807) is 4.90 Å². The van der Waals surface area contributed by atoms with Crippen LogP contribution in [0, 0.1) is 0 Å². The van der Waals surface area contributed by atoms with Crippen molar-refractivity contribution in [2.75, 3.05) is 19.7 Å². The van der Waals surface area contributed by atoms with E-state index in [9.17, 15) is 14.7 Å². The first kappa shape index (κ1) is 22.3. The van der Waals surface area contributed by atoms with Gasteiger partial charge in [0.1, 0.15) is 11.9 Å². The third-order valence-corrected chi connectivity index (χ3v) is 7.57. The molecule has 0 aromatic heterocycles. The minimum atomic E-state index is -0.481. The summed E-state index contributed by atoms with van der Waals surface area (Å²) >= 11 is 0. The van der Waals surface area contributed by atoms with Crippen LogP contribution >= 0.6 is 0 Å². The zero-order valence-electron chi connectivity index (χ0n) is 19.3. The molecule has 5 rings (SSSR count). The van der Waals surface area contributed by atoms with Gasteiger partial charge in [0, 0.05) is 37.8 Å². The Kier molecular flexibility index (Phi) is 6.38. The molecule has 178 valence electrons. The normalized spacial score (nSPS) is 28.8. The first-order valence-electron chi connectivity index (χ1n) is 12.4. The molecule has 0 spiro atoms. The van der Waals surface area contributed by atoms with Crippen LogP contribution in [-0.2, 0) is 16.1 Å². The molecule has 2 N–H and O–H groups in total. The molecule has 2 amide bonds. The number of benzene rings is 1. The van der Waals surface area contributed by atoms with Crippen LogP contribution in [0.15, 0.2) is 18.2 Å². The molecule has 33 heavy (non-hydrogen) atoms. The predicted octanol–water partition coefficient (Wildman–Crippen LogP) is 1.17. The second-order valence-electron chi connectivity index (χ2n) is 9.59. The SMILES string of the molecule is CCOC1CCN([C@H]2CCC[C@@H]2Oc2ccc3c(c2)CN(C2CCC(=O)[NH+]=C2O)C3=O)CC1. The Morgan fingerprint density at radius 1 is 1.12 bits per heavy atom. The number of ether oxygens (including phenoxy) is 2. The third kappa shape index (κ3) is 4.51. The monoisotopic (exact) mass is 456 g/mol. The van der Waals surface area contributed by atoms with Gasteiger partial charge in [-0.25, -0.2) is 4.79 Å². The molecule has 1 unspecified atom stereocenters. The lowest BCUT2D eigenvalue weighted by atomic mass is 10.0. The van der Waals surface area contributed by atoms with E-state index in [0.29, 0.717) is 37.1 Å². The van der Waals surface area contributed by atoms with Gasteiger partial charge in [-0.05, 0) is 69.2 Å². The van der Waals surface area contributed by atoms with Crippen LogP contribution in [0.5, 0.6) is 5.75 Å².